The number of anilines is 1. The smallest absolute Gasteiger partial charge is 0.387 e. The molecule has 2 aromatic carbocycles. The van der Waals surface area contributed by atoms with Crippen molar-refractivity contribution in [3.8, 4) is 5.75 Å². The maximum absolute atomic E-state index is 12.8. The van der Waals surface area contributed by atoms with Crippen LogP contribution in [0.25, 0.3) is 0 Å². The summed E-state index contributed by atoms with van der Waals surface area (Å²) in [5.74, 6) is 0.756. The van der Waals surface area contributed by atoms with Crippen LogP contribution >= 0.6 is 15.9 Å². The maximum Gasteiger partial charge on any atom is 0.387 e. The molecule has 26 heavy (non-hydrogen) atoms. The van der Waals surface area contributed by atoms with Crippen LogP contribution in [0.15, 0.2) is 59.3 Å². The first-order chi connectivity index (χ1) is 12.6. The topological polar surface area (TPSA) is 52.0 Å². The minimum Gasteiger partial charge on any atom is -0.434 e. The second-order valence-corrected chi connectivity index (χ2v) is 6.86. The summed E-state index contributed by atoms with van der Waals surface area (Å²) in [5, 5.41) is 7.63. The zero-order valence-electron chi connectivity index (χ0n) is 13.5. The zero-order valence-corrected chi connectivity index (χ0v) is 15.1. The number of fused-ring (bicyclic) bond motifs is 1. The molecule has 0 fully saturated rings. The highest BCUT2D eigenvalue weighted by atomic mass is 79.9. The van der Waals surface area contributed by atoms with Crippen LogP contribution in [0.5, 0.6) is 5.75 Å². The van der Waals surface area contributed by atoms with E-state index in [1.54, 1.807) is 28.9 Å². The molecule has 2 heterocycles. The Hall–Kier alpha value is -2.48. The number of para-hydroxylation sites is 1. The highest BCUT2D eigenvalue weighted by Crippen LogP contribution is 2.40. The fraction of sp³-hybridized carbons (Fsp3) is 0.222. The van der Waals surface area contributed by atoms with Crippen molar-refractivity contribution in [1.29, 1.82) is 0 Å². The van der Waals surface area contributed by atoms with Gasteiger partial charge in [-0.1, -0.05) is 46.3 Å². The molecule has 8 heteroatoms. The summed E-state index contributed by atoms with van der Waals surface area (Å²) in [7, 11) is 0. The monoisotopic (exact) mass is 420 g/mol. The molecule has 1 aliphatic heterocycles. The van der Waals surface area contributed by atoms with Gasteiger partial charge in [-0.3, -0.25) is 0 Å². The number of hydrogen-bond donors (Lipinski definition) is 1. The first-order valence-electron chi connectivity index (χ1n) is 8.07. The van der Waals surface area contributed by atoms with E-state index in [4.69, 9.17) is 4.74 Å². The Labute approximate surface area is 157 Å². The van der Waals surface area contributed by atoms with Gasteiger partial charge in [0.05, 0.1) is 12.1 Å². The summed E-state index contributed by atoms with van der Waals surface area (Å²) >= 11 is 3.44. The lowest BCUT2D eigenvalue weighted by Crippen LogP contribution is -2.28. The summed E-state index contributed by atoms with van der Waals surface area (Å²) in [6.45, 7) is -2.88. The number of halogens is 3. The van der Waals surface area contributed by atoms with E-state index in [0.717, 1.165) is 10.0 Å². The van der Waals surface area contributed by atoms with Crippen molar-refractivity contribution in [2.45, 2.75) is 25.1 Å². The summed E-state index contributed by atoms with van der Waals surface area (Å²) in [6.07, 6.45) is 2.08. The van der Waals surface area contributed by atoms with Crippen LogP contribution in [0.2, 0.25) is 0 Å². The van der Waals surface area contributed by atoms with Gasteiger partial charge >= 0.3 is 6.61 Å². The molecule has 0 amide bonds. The number of hydrogen-bond acceptors (Lipinski definition) is 4. The third kappa shape index (κ3) is 3.29. The van der Waals surface area contributed by atoms with Crippen molar-refractivity contribution in [3.63, 3.8) is 0 Å². The van der Waals surface area contributed by atoms with Crippen molar-refractivity contribution >= 4 is 21.9 Å². The van der Waals surface area contributed by atoms with E-state index in [9.17, 15) is 8.78 Å². The molecule has 134 valence electrons. The van der Waals surface area contributed by atoms with Crippen LogP contribution in [0.3, 0.4) is 0 Å². The average Bonchev–Trinajstić information content (AvgIpc) is 3.10. The van der Waals surface area contributed by atoms with Gasteiger partial charge in [0, 0.05) is 10.0 Å². The fourth-order valence-electron chi connectivity index (χ4n) is 3.25. The molecule has 5 nitrogen and oxygen atoms in total. The van der Waals surface area contributed by atoms with Gasteiger partial charge in [0.15, 0.2) is 0 Å². The second-order valence-electron chi connectivity index (χ2n) is 5.94. The predicted octanol–water partition coefficient (Wildman–Crippen LogP) is 4.79. The van der Waals surface area contributed by atoms with Gasteiger partial charge < -0.3 is 10.1 Å². The third-order valence-electron chi connectivity index (χ3n) is 4.40. The Morgan fingerprint density at radius 3 is 2.69 bits per heavy atom. The van der Waals surface area contributed by atoms with Gasteiger partial charge in [0.1, 0.15) is 12.1 Å². The Kier molecular flexibility index (Phi) is 4.58. The van der Waals surface area contributed by atoms with E-state index in [-0.39, 0.29) is 17.8 Å². The van der Waals surface area contributed by atoms with Crippen molar-refractivity contribution in [3.05, 3.63) is 70.5 Å². The second kappa shape index (κ2) is 7.03. The molecule has 4 rings (SSSR count). The Morgan fingerprint density at radius 1 is 1.15 bits per heavy atom. The van der Waals surface area contributed by atoms with Crippen molar-refractivity contribution in [2.75, 3.05) is 5.32 Å². The van der Waals surface area contributed by atoms with Crippen LogP contribution in [0.1, 0.15) is 29.6 Å². The van der Waals surface area contributed by atoms with E-state index in [2.05, 4.69) is 31.3 Å². The standard InChI is InChI=1S/C18H15BrF2N4O/c19-12-7-5-11(6-8-12)14-9-15(25-18(24-14)22-10-23-25)13-3-1-2-4-16(13)26-17(20)21/h1-8,10,14-15,17H,9H2,(H,22,23,24)/t14-,15-/m0/s1. The number of nitrogens with zero attached hydrogens (tertiary/aromatic N) is 3. The fourth-order valence-corrected chi connectivity index (χ4v) is 3.52. The van der Waals surface area contributed by atoms with Crippen molar-refractivity contribution in [1.82, 2.24) is 14.8 Å². The Bertz CT molecular complexity index is 900. The van der Waals surface area contributed by atoms with Gasteiger partial charge in [0.25, 0.3) is 0 Å². The van der Waals surface area contributed by atoms with E-state index in [0.29, 0.717) is 17.9 Å². The summed E-state index contributed by atoms with van der Waals surface area (Å²) in [5.41, 5.74) is 1.74. The minimum atomic E-state index is -2.88. The molecule has 2 atom stereocenters. The van der Waals surface area contributed by atoms with E-state index in [1.165, 1.54) is 6.33 Å². The highest BCUT2D eigenvalue weighted by molar-refractivity contribution is 9.10. The molecule has 0 aliphatic carbocycles. The van der Waals surface area contributed by atoms with Crippen LogP contribution in [-0.2, 0) is 0 Å². The quantitative estimate of drug-likeness (QED) is 0.659. The molecule has 1 aromatic heterocycles. The largest absolute Gasteiger partial charge is 0.434 e. The zero-order chi connectivity index (χ0) is 18.1. The van der Waals surface area contributed by atoms with Crippen LogP contribution < -0.4 is 10.1 Å². The van der Waals surface area contributed by atoms with Gasteiger partial charge in [-0.25, -0.2) is 4.68 Å². The first kappa shape index (κ1) is 17.0. The number of rotatable bonds is 4. The predicted molar refractivity (Wildman–Crippen MR) is 96.4 cm³/mol. The highest BCUT2D eigenvalue weighted by Gasteiger charge is 2.31. The van der Waals surface area contributed by atoms with E-state index >= 15 is 0 Å². The number of benzene rings is 2. The van der Waals surface area contributed by atoms with Gasteiger partial charge in [0.2, 0.25) is 5.95 Å². The summed E-state index contributed by atoms with van der Waals surface area (Å²) < 4.78 is 33.0. The van der Waals surface area contributed by atoms with Gasteiger partial charge in [-0.15, -0.1) is 0 Å². The number of aromatic nitrogens is 3. The van der Waals surface area contributed by atoms with Crippen LogP contribution in [-0.4, -0.2) is 21.4 Å². The molecule has 1 N–H and O–H groups in total. The molecule has 0 unspecified atom stereocenters. The average molecular weight is 421 g/mol. The van der Waals surface area contributed by atoms with Crippen molar-refractivity contribution in [2.24, 2.45) is 0 Å². The first-order valence-corrected chi connectivity index (χ1v) is 8.86. The Balaban J connectivity index is 1.73. The number of ether oxygens (including phenoxy) is 1. The summed E-state index contributed by atoms with van der Waals surface area (Å²) in [4.78, 5) is 4.26. The summed E-state index contributed by atoms with van der Waals surface area (Å²) in [6, 6.07) is 14.5. The molecule has 3 aromatic rings. The maximum atomic E-state index is 12.8. The lowest BCUT2D eigenvalue weighted by molar-refractivity contribution is -0.0507. The molecular weight excluding hydrogens is 406 g/mol. The Morgan fingerprint density at radius 2 is 1.92 bits per heavy atom. The molecule has 1 aliphatic rings. The lowest BCUT2D eigenvalue weighted by atomic mass is 9.93. The molecule has 0 spiro atoms. The molecule has 0 saturated carbocycles. The minimum absolute atomic E-state index is 0.0237. The normalized spacial score (nSPS) is 19.1. The third-order valence-corrected chi connectivity index (χ3v) is 4.93. The van der Waals surface area contributed by atoms with Gasteiger partial charge in [-0.2, -0.15) is 18.9 Å². The molecular formula is C18H15BrF2N4O. The lowest BCUT2D eigenvalue weighted by Gasteiger charge is -2.32. The van der Waals surface area contributed by atoms with Crippen LogP contribution in [0, 0.1) is 0 Å². The molecule has 0 saturated heterocycles. The number of alkyl halides is 2. The molecule has 0 radical (unpaired) electrons. The van der Waals surface area contributed by atoms with Crippen molar-refractivity contribution < 1.29 is 13.5 Å². The molecule has 0 bridgehead atoms. The van der Waals surface area contributed by atoms with Crippen LogP contribution in [0.4, 0.5) is 14.7 Å². The SMILES string of the molecule is FC(F)Oc1ccccc1[C@@H]1C[C@@H](c2ccc(Br)cc2)Nc2ncnn21. The van der Waals surface area contributed by atoms with E-state index < -0.39 is 6.61 Å². The number of nitrogens with one attached hydrogen (secondary N) is 1. The van der Waals surface area contributed by atoms with E-state index in [1.807, 2.05) is 24.3 Å². The van der Waals surface area contributed by atoms with Gasteiger partial charge in [-0.05, 0) is 30.2 Å².